The van der Waals surface area contributed by atoms with Crippen molar-refractivity contribution in [2.45, 2.75) is 44.6 Å². The SMILES string of the molecule is O=C(CN1C(=O)COc2ccc(C(=O)N3CCCC3)cc21)NC1CCCC1. The summed E-state index contributed by atoms with van der Waals surface area (Å²) in [6.07, 6.45) is 6.29. The number of rotatable bonds is 4. The van der Waals surface area contributed by atoms with Gasteiger partial charge in [0.15, 0.2) is 6.61 Å². The van der Waals surface area contributed by atoms with Crippen LogP contribution in [0.5, 0.6) is 5.75 Å². The highest BCUT2D eigenvalue weighted by molar-refractivity contribution is 6.04. The second-order valence-corrected chi connectivity index (χ2v) is 7.50. The van der Waals surface area contributed by atoms with Gasteiger partial charge in [-0.15, -0.1) is 0 Å². The standard InChI is InChI=1S/C20H25N3O4/c24-18(21-15-5-1-2-6-15)12-23-16-11-14(20(26)22-9-3-4-10-22)7-8-17(16)27-13-19(23)25/h7-8,11,15H,1-6,9-10,12-13H2,(H,21,24). The van der Waals surface area contributed by atoms with Gasteiger partial charge in [0, 0.05) is 24.7 Å². The van der Waals surface area contributed by atoms with Gasteiger partial charge in [-0.1, -0.05) is 12.8 Å². The van der Waals surface area contributed by atoms with E-state index in [1.54, 1.807) is 18.2 Å². The first-order chi connectivity index (χ1) is 13.1. The van der Waals surface area contributed by atoms with Crippen molar-refractivity contribution in [3.63, 3.8) is 0 Å². The first kappa shape index (κ1) is 17.8. The molecule has 27 heavy (non-hydrogen) atoms. The molecule has 1 saturated heterocycles. The number of anilines is 1. The van der Waals surface area contributed by atoms with Crippen molar-refractivity contribution in [3.05, 3.63) is 23.8 Å². The molecule has 7 nitrogen and oxygen atoms in total. The van der Waals surface area contributed by atoms with E-state index in [9.17, 15) is 14.4 Å². The highest BCUT2D eigenvalue weighted by Crippen LogP contribution is 2.33. The van der Waals surface area contributed by atoms with Gasteiger partial charge < -0.3 is 15.0 Å². The molecule has 2 aliphatic heterocycles. The number of hydrogen-bond acceptors (Lipinski definition) is 4. The summed E-state index contributed by atoms with van der Waals surface area (Å²) in [5.41, 5.74) is 1.02. The highest BCUT2D eigenvalue weighted by atomic mass is 16.5. The van der Waals surface area contributed by atoms with Crippen molar-refractivity contribution in [1.29, 1.82) is 0 Å². The van der Waals surface area contributed by atoms with Crippen molar-refractivity contribution in [3.8, 4) is 5.75 Å². The van der Waals surface area contributed by atoms with E-state index in [0.717, 1.165) is 51.6 Å². The largest absolute Gasteiger partial charge is 0.482 e. The van der Waals surface area contributed by atoms with E-state index < -0.39 is 0 Å². The summed E-state index contributed by atoms with van der Waals surface area (Å²) < 4.78 is 5.49. The van der Waals surface area contributed by atoms with Crippen molar-refractivity contribution in [2.75, 3.05) is 31.1 Å². The van der Waals surface area contributed by atoms with Crippen LogP contribution in [0.4, 0.5) is 5.69 Å². The van der Waals surface area contributed by atoms with Crippen molar-refractivity contribution in [2.24, 2.45) is 0 Å². The molecule has 0 radical (unpaired) electrons. The highest BCUT2D eigenvalue weighted by Gasteiger charge is 2.30. The summed E-state index contributed by atoms with van der Waals surface area (Å²) >= 11 is 0. The van der Waals surface area contributed by atoms with Crippen LogP contribution in [0.25, 0.3) is 0 Å². The van der Waals surface area contributed by atoms with Crippen LogP contribution < -0.4 is 15.0 Å². The summed E-state index contributed by atoms with van der Waals surface area (Å²) in [7, 11) is 0. The first-order valence-corrected chi connectivity index (χ1v) is 9.77. The quantitative estimate of drug-likeness (QED) is 0.874. The Bertz CT molecular complexity index is 752. The van der Waals surface area contributed by atoms with Crippen LogP contribution in [0, 0.1) is 0 Å². The Hall–Kier alpha value is -2.57. The van der Waals surface area contributed by atoms with Crippen molar-refractivity contribution in [1.82, 2.24) is 10.2 Å². The van der Waals surface area contributed by atoms with Crippen LogP contribution in [0.2, 0.25) is 0 Å². The lowest BCUT2D eigenvalue weighted by Crippen LogP contribution is -2.47. The van der Waals surface area contributed by atoms with E-state index in [2.05, 4.69) is 5.32 Å². The summed E-state index contributed by atoms with van der Waals surface area (Å²) in [5.74, 6) is 0.0548. The van der Waals surface area contributed by atoms with Gasteiger partial charge in [0.1, 0.15) is 12.3 Å². The summed E-state index contributed by atoms with van der Waals surface area (Å²) in [6.45, 7) is 1.38. The average Bonchev–Trinajstić information content (AvgIpc) is 3.37. The van der Waals surface area contributed by atoms with Gasteiger partial charge >= 0.3 is 0 Å². The molecule has 0 aromatic heterocycles. The molecule has 0 bridgehead atoms. The Morgan fingerprint density at radius 1 is 1.11 bits per heavy atom. The molecule has 1 aromatic rings. The average molecular weight is 371 g/mol. The zero-order valence-corrected chi connectivity index (χ0v) is 15.4. The van der Waals surface area contributed by atoms with E-state index in [1.165, 1.54) is 4.90 Å². The van der Waals surface area contributed by atoms with E-state index in [1.807, 2.05) is 4.90 Å². The molecule has 2 fully saturated rings. The fourth-order valence-corrected chi connectivity index (χ4v) is 4.10. The smallest absolute Gasteiger partial charge is 0.265 e. The lowest BCUT2D eigenvalue weighted by molar-refractivity contribution is -0.125. The van der Waals surface area contributed by atoms with Crippen LogP contribution in [0.15, 0.2) is 18.2 Å². The summed E-state index contributed by atoms with van der Waals surface area (Å²) in [5, 5.41) is 3.01. The molecular weight excluding hydrogens is 346 g/mol. The second-order valence-electron chi connectivity index (χ2n) is 7.50. The number of likely N-dealkylation sites (tertiary alicyclic amines) is 1. The topological polar surface area (TPSA) is 79.0 Å². The Morgan fingerprint density at radius 2 is 1.85 bits per heavy atom. The maximum absolute atomic E-state index is 12.7. The number of nitrogens with one attached hydrogen (secondary N) is 1. The molecular formula is C20H25N3O4. The molecule has 0 spiro atoms. The molecule has 3 aliphatic rings. The monoisotopic (exact) mass is 371 g/mol. The van der Waals surface area contributed by atoms with Gasteiger partial charge in [0.25, 0.3) is 11.8 Å². The Morgan fingerprint density at radius 3 is 2.59 bits per heavy atom. The molecule has 1 saturated carbocycles. The maximum Gasteiger partial charge on any atom is 0.265 e. The number of carbonyl (C=O) groups is 3. The minimum absolute atomic E-state index is 0.0383. The molecule has 3 amide bonds. The van der Waals surface area contributed by atoms with E-state index in [0.29, 0.717) is 17.0 Å². The zero-order chi connectivity index (χ0) is 18.8. The number of hydrogen-bond donors (Lipinski definition) is 1. The summed E-state index contributed by atoms with van der Waals surface area (Å²) in [6, 6.07) is 5.32. The number of fused-ring (bicyclic) bond motifs is 1. The minimum atomic E-state index is -0.269. The minimum Gasteiger partial charge on any atom is -0.482 e. The second kappa shape index (κ2) is 7.58. The van der Waals surface area contributed by atoms with Gasteiger partial charge in [0.2, 0.25) is 5.91 Å². The van der Waals surface area contributed by atoms with Crippen LogP contribution in [0.1, 0.15) is 48.9 Å². The van der Waals surface area contributed by atoms with Gasteiger partial charge in [-0.3, -0.25) is 19.3 Å². The zero-order valence-electron chi connectivity index (χ0n) is 15.4. The molecule has 0 unspecified atom stereocenters. The van der Waals surface area contributed by atoms with Crippen molar-refractivity contribution < 1.29 is 19.1 Å². The third-order valence-electron chi connectivity index (χ3n) is 5.56. The fourth-order valence-electron chi connectivity index (χ4n) is 4.10. The first-order valence-electron chi connectivity index (χ1n) is 9.77. The van der Waals surface area contributed by atoms with Crippen LogP contribution in [0.3, 0.4) is 0 Å². The van der Waals surface area contributed by atoms with E-state index >= 15 is 0 Å². The van der Waals surface area contributed by atoms with Gasteiger partial charge in [0.05, 0.1) is 5.69 Å². The van der Waals surface area contributed by atoms with Gasteiger partial charge in [-0.2, -0.15) is 0 Å². The predicted octanol–water partition coefficient (Wildman–Crippen LogP) is 1.71. The van der Waals surface area contributed by atoms with Crippen LogP contribution in [-0.4, -0.2) is 54.9 Å². The Balaban J connectivity index is 1.52. The lowest BCUT2D eigenvalue weighted by Gasteiger charge is -2.30. The third-order valence-corrected chi connectivity index (χ3v) is 5.56. The van der Waals surface area contributed by atoms with Gasteiger partial charge in [-0.05, 0) is 43.9 Å². The normalized spacial score (nSPS) is 19.8. The van der Waals surface area contributed by atoms with Gasteiger partial charge in [-0.25, -0.2) is 0 Å². The lowest BCUT2D eigenvalue weighted by atomic mass is 10.1. The maximum atomic E-state index is 12.7. The number of amides is 3. The third kappa shape index (κ3) is 3.77. The molecule has 144 valence electrons. The molecule has 1 aromatic carbocycles. The molecule has 2 heterocycles. The molecule has 0 atom stereocenters. The predicted molar refractivity (Wildman–Crippen MR) is 99.8 cm³/mol. The molecule has 1 aliphatic carbocycles. The van der Waals surface area contributed by atoms with Crippen molar-refractivity contribution >= 4 is 23.4 Å². The number of benzene rings is 1. The fraction of sp³-hybridized carbons (Fsp3) is 0.550. The molecule has 1 N–H and O–H groups in total. The van der Waals surface area contributed by atoms with Crippen LogP contribution >= 0.6 is 0 Å². The number of carbonyl (C=O) groups excluding carboxylic acids is 3. The number of nitrogens with zero attached hydrogens (tertiary/aromatic N) is 2. The van der Waals surface area contributed by atoms with E-state index in [4.69, 9.17) is 4.74 Å². The van der Waals surface area contributed by atoms with Crippen LogP contribution in [-0.2, 0) is 9.59 Å². The molecule has 7 heteroatoms. The molecule has 4 rings (SSSR count). The summed E-state index contributed by atoms with van der Waals surface area (Å²) in [4.78, 5) is 40.8. The Labute approximate surface area is 158 Å². The number of ether oxygens (including phenoxy) is 1. The Kier molecular flexibility index (Phi) is 5.01. The van der Waals surface area contributed by atoms with E-state index in [-0.39, 0.29) is 36.9 Å².